The monoisotopic (exact) mass is 311 g/mol. The van der Waals surface area contributed by atoms with Crippen LogP contribution in [0.15, 0.2) is 12.7 Å². The van der Waals surface area contributed by atoms with Crippen LogP contribution >= 0.6 is 0 Å². The summed E-state index contributed by atoms with van der Waals surface area (Å²) in [5, 5.41) is 0. The van der Waals surface area contributed by atoms with Crippen molar-refractivity contribution in [2.45, 2.75) is 65.0 Å². The SMILES string of the molecule is C=CCOC(=O)N1CCC[C@@H](C)[C@H]1CCC(=O)OC(C)(C)C. The van der Waals surface area contributed by atoms with Crippen LogP contribution < -0.4 is 0 Å². The lowest BCUT2D eigenvalue weighted by Gasteiger charge is -2.39. The van der Waals surface area contributed by atoms with Crippen LogP contribution in [0.1, 0.15) is 53.4 Å². The molecule has 0 spiro atoms. The molecule has 0 N–H and O–H groups in total. The molecule has 1 rings (SSSR count). The lowest BCUT2D eigenvalue weighted by atomic mass is 9.88. The van der Waals surface area contributed by atoms with E-state index < -0.39 is 5.60 Å². The number of likely N-dealkylation sites (tertiary alicyclic amines) is 1. The Morgan fingerprint density at radius 1 is 1.36 bits per heavy atom. The molecular formula is C17H29NO4. The number of carbonyl (C=O) groups excluding carboxylic acids is 2. The molecule has 5 nitrogen and oxygen atoms in total. The fourth-order valence-corrected chi connectivity index (χ4v) is 2.79. The highest BCUT2D eigenvalue weighted by Crippen LogP contribution is 2.27. The summed E-state index contributed by atoms with van der Waals surface area (Å²) in [6.45, 7) is 12.1. The Hall–Kier alpha value is -1.52. The van der Waals surface area contributed by atoms with E-state index in [9.17, 15) is 9.59 Å². The Morgan fingerprint density at radius 3 is 2.64 bits per heavy atom. The largest absolute Gasteiger partial charge is 0.460 e. The molecule has 0 radical (unpaired) electrons. The number of ether oxygens (including phenoxy) is 2. The highest BCUT2D eigenvalue weighted by Gasteiger charge is 2.33. The zero-order valence-corrected chi connectivity index (χ0v) is 14.3. The summed E-state index contributed by atoms with van der Waals surface area (Å²) in [7, 11) is 0. The number of rotatable bonds is 5. The molecule has 1 amide bonds. The fourth-order valence-electron chi connectivity index (χ4n) is 2.79. The molecule has 0 unspecified atom stereocenters. The Bertz CT molecular complexity index is 400. The van der Waals surface area contributed by atoms with E-state index in [0.29, 0.717) is 25.3 Å². The van der Waals surface area contributed by atoms with E-state index in [1.54, 1.807) is 11.0 Å². The molecule has 0 aliphatic carbocycles. The average molecular weight is 311 g/mol. The topological polar surface area (TPSA) is 55.8 Å². The van der Waals surface area contributed by atoms with E-state index in [4.69, 9.17) is 9.47 Å². The van der Waals surface area contributed by atoms with Gasteiger partial charge in [-0.3, -0.25) is 4.79 Å². The predicted molar refractivity (Wildman–Crippen MR) is 85.5 cm³/mol. The molecule has 1 aliphatic heterocycles. The third-order valence-electron chi connectivity index (χ3n) is 3.74. The van der Waals surface area contributed by atoms with Gasteiger partial charge in [-0.05, 0) is 46.0 Å². The molecule has 126 valence electrons. The second-order valence-corrected chi connectivity index (χ2v) is 6.87. The molecule has 0 aromatic heterocycles. The van der Waals surface area contributed by atoms with Crippen LogP contribution in [0.2, 0.25) is 0 Å². The Morgan fingerprint density at radius 2 is 2.05 bits per heavy atom. The highest BCUT2D eigenvalue weighted by atomic mass is 16.6. The maximum atomic E-state index is 12.1. The Labute approximate surface area is 133 Å². The lowest BCUT2D eigenvalue weighted by molar-refractivity contribution is -0.155. The summed E-state index contributed by atoms with van der Waals surface area (Å²) < 4.78 is 10.5. The van der Waals surface area contributed by atoms with Gasteiger partial charge >= 0.3 is 12.1 Å². The zero-order valence-electron chi connectivity index (χ0n) is 14.3. The van der Waals surface area contributed by atoms with Gasteiger partial charge in [0.15, 0.2) is 0 Å². The van der Waals surface area contributed by atoms with Gasteiger partial charge in [0.2, 0.25) is 0 Å². The molecule has 0 saturated carbocycles. The van der Waals surface area contributed by atoms with Gasteiger partial charge in [-0.2, -0.15) is 0 Å². The van der Waals surface area contributed by atoms with E-state index in [0.717, 1.165) is 12.8 Å². The van der Waals surface area contributed by atoms with E-state index in [2.05, 4.69) is 13.5 Å². The molecule has 2 atom stereocenters. The summed E-state index contributed by atoms with van der Waals surface area (Å²) in [6.07, 6.45) is 4.19. The second kappa shape index (κ2) is 8.20. The Kier molecular flexibility index (Phi) is 6.91. The third-order valence-corrected chi connectivity index (χ3v) is 3.74. The van der Waals surface area contributed by atoms with Crippen molar-refractivity contribution in [2.75, 3.05) is 13.2 Å². The molecule has 0 bridgehead atoms. The molecule has 1 fully saturated rings. The molecular weight excluding hydrogens is 282 g/mol. The first-order chi connectivity index (χ1) is 10.2. The van der Waals surface area contributed by atoms with Crippen molar-refractivity contribution in [2.24, 2.45) is 5.92 Å². The maximum Gasteiger partial charge on any atom is 0.410 e. The fraction of sp³-hybridized carbons (Fsp3) is 0.765. The van der Waals surface area contributed by atoms with Gasteiger partial charge in [0.25, 0.3) is 0 Å². The van der Waals surface area contributed by atoms with Gasteiger partial charge in [-0.25, -0.2) is 4.79 Å². The molecule has 1 saturated heterocycles. The molecule has 5 heteroatoms. The number of amides is 1. The van der Waals surface area contributed by atoms with E-state index in [-0.39, 0.29) is 24.7 Å². The van der Waals surface area contributed by atoms with Gasteiger partial charge in [0, 0.05) is 19.0 Å². The first-order valence-electron chi connectivity index (χ1n) is 8.00. The van der Waals surface area contributed by atoms with Gasteiger partial charge < -0.3 is 14.4 Å². The summed E-state index contributed by atoms with van der Waals surface area (Å²) in [5.74, 6) is 0.136. The molecule has 1 aliphatic rings. The zero-order chi connectivity index (χ0) is 16.8. The van der Waals surface area contributed by atoms with E-state index >= 15 is 0 Å². The van der Waals surface area contributed by atoms with E-state index in [1.807, 2.05) is 20.8 Å². The number of nitrogens with zero attached hydrogens (tertiary/aromatic N) is 1. The smallest absolute Gasteiger partial charge is 0.410 e. The van der Waals surface area contributed by atoms with Crippen molar-refractivity contribution in [3.63, 3.8) is 0 Å². The minimum Gasteiger partial charge on any atom is -0.460 e. The van der Waals surface area contributed by atoms with Crippen LogP contribution in [0.3, 0.4) is 0 Å². The second-order valence-electron chi connectivity index (χ2n) is 6.87. The molecule has 0 aromatic carbocycles. The summed E-state index contributed by atoms with van der Waals surface area (Å²) in [4.78, 5) is 25.8. The maximum absolute atomic E-state index is 12.1. The number of hydrogen-bond donors (Lipinski definition) is 0. The van der Waals surface area contributed by atoms with Crippen LogP contribution in [0.4, 0.5) is 4.79 Å². The number of piperidine rings is 1. The van der Waals surface area contributed by atoms with Crippen molar-refractivity contribution in [3.8, 4) is 0 Å². The van der Waals surface area contributed by atoms with Crippen molar-refractivity contribution < 1.29 is 19.1 Å². The van der Waals surface area contributed by atoms with Crippen LogP contribution in [-0.2, 0) is 14.3 Å². The normalized spacial score (nSPS) is 22.1. The minimum atomic E-state index is -0.474. The van der Waals surface area contributed by atoms with Crippen molar-refractivity contribution >= 4 is 12.1 Å². The first-order valence-corrected chi connectivity index (χ1v) is 8.00. The molecule has 0 aromatic rings. The third kappa shape index (κ3) is 6.08. The van der Waals surface area contributed by atoms with Gasteiger partial charge in [0.1, 0.15) is 12.2 Å². The van der Waals surface area contributed by atoms with E-state index in [1.165, 1.54) is 0 Å². The first kappa shape index (κ1) is 18.5. The van der Waals surface area contributed by atoms with Crippen LogP contribution in [0, 0.1) is 5.92 Å². The lowest BCUT2D eigenvalue weighted by Crippen LogP contribution is -2.48. The Balaban J connectivity index is 2.60. The minimum absolute atomic E-state index is 0.0265. The number of carbonyl (C=O) groups is 2. The summed E-state index contributed by atoms with van der Waals surface area (Å²) >= 11 is 0. The summed E-state index contributed by atoms with van der Waals surface area (Å²) in [5.41, 5.74) is -0.474. The van der Waals surface area contributed by atoms with Gasteiger partial charge in [0.05, 0.1) is 0 Å². The van der Waals surface area contributed by atoms with Crippen molar-refractivity contribution in [1.82, 2.24) is 4.90 Å². The molecule has 22 heavy (non-hydrogen) atoms. The van der Waals surface area contributed by atoms with Crippen molar-refractivity contribution in [1.29, 1.82) is 0 Å². The summed E-state index contributed by atoms with van der Waals surface area (Å²) in [6, 6.07) is 0.0265. The quantitative estimate of drug-likeness (QED) is 0.576. The van der Waals surface area contributed by atoms with Crippen LogP contribution in [-0.4, -0.2) is 41.8 Å². The van der Waals surface area contributed by atoms with Gasteiger partial charge in [-0.1, -0.05) is 19.6 Å². The van der Waals surface area contributed by atoms with Crippen LogP contribution in [0.25, 0.3) is 0 Å². The standard InChI is InChI=1S/C17H29NO4/c1-6-12-21-16(20)18-11-7-8-13(2)14(18)9-10-15(19)22-17(3,4)5/h6,13-14H,1,7-12H2,2-5H3/t13-,14-/m1/s1. The molecule has 1 heterocycles. The number of hydrogen-bond acceptors (Lipinski definition) is 4. The average Bonchev–Trinajstić information content (AvgIpc) is 2.41. The van der Waals surface area contributed by atoms with Crippen LogP contribution in [0.5, 0.6) is 0 Å². The van der Waals surface area contributed by atoms with Crippen molar-refractivity contribution in [3.05, 3.63) is 12.7 Å². The van der Waals surface area contributed by atoms with Gasteiger partial charge in [-0.15, -0.1) is 0 Å². The predicted octanol–water partition coefficient (Wildman–Crippen LogP) is 3.53. The highest BCUT2D eigenvalue weighted by molar-refractivity contribution is 5.70. The number of esters is 1.